The lowest BCUT2D eigenvalue weighted by Gasteiger charge is -2.12. The van der Waals surface area contributed by atoms with Crippen molar-refractivity contribution >= 4 is 38.9 Å². The Bertz CT molecular complexity index is 253. The molecule has 1 rings (SSSR count). The number of halogens is 2. The molecule has 0 aromatic carbocycles. The lowest BCUT2D eigenvalue weighted by Crippen LogP contribution is -2.14. The Labute approximate surface area is 90.0 Å². The van der Waals surface area contributed by atoms with Gasteiger partial charge in [-0.1, -0.05) is 25.4 Å². The van der Waals surface area contributed by atoms with E-state index in [0.29, 0.717) is 5.92 Å². The van der Waals surface area contributed by atoms with E-state index in [0.717, 1.165) is 13.7 Å². The quantitative estimate of drug-likeness (QED) is 0.867. The van der Waals surface area contributed by atoms with Gasteiger partial charge < -0.3 is 5.73 Å². The van der Waals surface area contributed by atoms with Gasteiger partial charge in [0.1, 0.15) is 0 Å². The van der Waals surface area contributed by atoms with Gasteiger partial charge in [0.05, 0.1) is 8.81 Å². The molecule has 0 bridgehead atoms. The van der Waals surface area contributed by atoms with Gasteiger partial charge in [0, 0.05) is 10.9 Å². The van der Waals surface area contributed by atoms with Crippen molar-refractivity contribution in [3.8, 4) is 0 Å². The van der Waals surface area contributed by atoms with Gasteiger partial charge in [0.25, 0.3) is 0 Å². The zero-order chi connectivity index (χ0) is 9.30. The fourth-order valence-electron chi connectivity index (χ4n) is 0.856. The predicted molar refractivity (Wildman–Crippen MR) is 58.8 cm³/mol. The van der Waals surface area contributed by atoms with Crippen LogP contribution in [0.4, 0.5) is 0 Å². The third kappa shape index (κ3) is 2.22. The molecule has 0 saturated heterocycles. The van der Waals surface area contributed by atoms with Crippen LogP contribution in [0.15, 0.2) is 9.85 Å². The lowest BCUT2D eigenvalue weighted by atomic mass is 10.0. The average Bonchev–Trinajstić information content (AvgIpc) is 2.30. The Balaban J connectivity index is 2.89. The van der Waals surface area contributed by atoms with Crippen molar-refractivity contribution in [1.29, 1.82) is 0 Å². The Hall–Kier alpha value is 0.430. The molecule has 1 nitrogen and oxygen atoms in total. The smallest absolute Gasteiger partial charge is 0.0887 e. The monoisotopic (exact) mass is 267 g/mol. The van der Waals surface area contributed by atoms with Crippen LogP contribution < -0.4 is 5.73 Å². The molecule has 0 radical (unpaired) electrons. The summed E-state index contributed by atoms with van der Waals surface area (Å²) >= 11 is 10.9. The van der Waals surface area contributed by atoms with Gasteiger partial charge in [-0.25, -0.2) is 0 Å². The van der Waals surface area contributed by atoms with E-state index >= 15 is 0 Å². The van der Waals surface area contributed by atoms with Crippen molar-refractivity contribution in [1.82, 2.24) is 0 Å². The van der Waals surface area contributed by atoms with E-state index in [1.54, 1.807) is 11.3 Å². The minimum Gasteiger partial charge on any atom is -0.323 e. The fourth-order valence-corrected chi connectivity index (χ4v) is 2.78. The Morgan fingerprint density at radius 1 is 1.58 bits per heavy atom. The molecule has 0 amide bonds. The van der Waals surface area contributed by atoms with Crippen molar-refractivity contribution in [3.05, 3.63) is 19.8 Å². The normalized spacial score (nSPS) is 13.8. The number of nitrogens with two attached hydrogens (primary N) is 1. The predicted octanol–water partition coefficient (Wildman–Crippen LogP) is 3.82. The molecule has 0 fully saturated rings. The van der Waals surface area contributed by atoms with Crippen molar-refractivity contribution in [2.75, 3.05) is 0 Å². The standard InChI is InChI=1S/C8H11BrClNS/c1-4(2)7(11)6-3-5(10)8(9)12-6/h3-4,7H,11H2,1-2H3. The summed E-state index contributed by atoms with van der Waals surface area (Å²) in [5.41, 5.74) is 5.95. The number of hydrogen-bond donors (Lipinski definition) is 1. The van der Waals surface area contributed by atoms with E-state index in [9.17, 15) is 0 Å². The number of rotatable bonds is 2. The molecule has 68 valence electrons. The first-order valence-corrected chi connectivity index (χ1v) is 5.71. The Morgan fingerprint density at radius 3 is 2.50 bits per heavy atom. The van der Waals surface area contributed by atoms with Crippen LogP contribution in [0.1, 0.15) is 24.8 Å². The van der Waals surface area contributed by atoms with Crippen LogP contribution in [0.2, 0.25) is 5.02 Å². The van der Waals surface area contributed by atoms with Gasteiger partial charge >= 0.3 is 0 Å². The molecule has 1 unspecified atom stereocenters. The third-order valence-corrected chi connectivity index (χ3v) is 4.29. The van der Waals surface area contributed by atoms with Crippen LogP contribution in [0.3, 0.4) is 0 Å². The second-order valence-electron chi connectivity index (χ2n) is 3.04. The zero-order valence-electron chi connectivity index (χ0n) is 6.97. The molecule has 1 aromatic heterocycles. The summed E-state index contributed by atoms with van der Waals surface area (Å²) in [6.07, 6.45) is 0. The highest BCUT2D eigenvalue weighted by Crippen LogP contribution is 2.36. The minimum absolute atomic E-state index is 0.0961. The van der Waals surface area contributed by atoms with Gasteiger partial charge in [-0.15, -0.1) is 11.3 Å². The fraction of sp³-hybridized carbons (Fsp3) is 0.500. The van der Waals surface area contributed by atoms with Crippen molar-refractivity contribution in [2.45, 2.75) is 19.9 Å². The highest BCUT2D eigenvalue weighted by molar-refractivity contribution is 9.11. The molecule has 12 heavy (non-hydrogen) atoms. The Kier molecular flexibility index (Phi) is 3.58. The van der Waals surface area contributed by atoms with Crippen LogP contribution >= 0.6 is 38.9 Å². The second kappa shape index (κ2) is 4.09. The third-order valence-electron chi connectivity index (χ3n) is 1.71. The van der Waals surface area contributed by atoms with E-state index in [2.05, 4.69) is 29.8 Å². The summed E-state index contributed by atoms with van der Waals surface area (Å²) in [7, 11) is 0. The van der Waals surface area contributed by atoms with Crippen LogP contribution in [-0.2, 0) is 0 Å². The first kappa shape index (κ1) is 10.5. The molecule has 0 saturated carbocycles. The van der Waals surface area contributed by atoms with Crippen LogP contribution in [0.25, 0.3) is 0 Å². The average molecular weight is 269 g/mol. The van der Waals surface area contributed by atoms with Crippen molar-refractivity contribution in [2.24, 2.45) is 11.7 Å². The minimum atomic E-state index is 0.0961. The number of thiophene rings is 1. The largest absolute Gasteiger partial charge is 0.323 e. The first-order chi connectivity index (χ1) is 5.52. The maximum Gasteiger partial charge on any atom is 0.0887 e. The van der Waals surface area contributed by atoms with E-state index in [1.165, 1.54) is 0 Å². The highest BCUT2D eigenvalue weighted by atomic mass is 79.9. The molecule has 1 heterocycles. The molecule has 4 heteroatoms. The van der Waals surface area contributed by atoms with Crippen LogP contribution in [0, 0.1) is 5.92 Å². The van der Waals surface area contributed by atoms with Crippen molar-refractivity contribution in [3.63, 3.8) is 0 Å². The van der Waals surface area contributed by atoms with Gasteiger partial charge in [-0.3, -0.25) is 0 Å². The van der Waals surface area contributed by atoms with Crippen molar-refractivity contribution < 1.29 is 0 Å². The molecule has 2 N–H and O–H groups in total. The van der Waals surface area contributed by atoms with Gasteiger partial charge in [-0.05, 0) is 27.9 Å². The molecule has 0 aliphatic rings. The summed E-state index contributed by atoms with van der Waals surface area (Å²) in [6, 6.07) is 2.03. The highest BCUT2D eigenvalue weighted by Gasteiger charge is 2.14. The van der Waals surface area contributed by atoms with Crippen LogP contribution in [-0.4, -0.2) is 0 Å². The van der Waals surface area contributed by atoms with E-state index in [1.807, 2.05) is 6.07 Å². The summed E-state index contributed by atoms with van der Waals surface area (Å²) in [5, 5.41) is 0.756. The first-order valence-electron chi connectivity index (χ1n) is 3.72. The molecule has 1 atom stereocenters. The summed E-state index contributed by atoms with van der Waals surface area (Å²) in [4.78, 5) is 1.14. The summed E-state index contributed by atoms with van der Waals surface area (Å²) in [6.45, 7) is 4.21. The molecular weight excluding hydrogens is 258 g/mol. The van der Waals surface area contributed by atoms with E-state index in [4.69, 9.17) is 17.3 Å². The van der Waals surface area contributed by atoms with Crippen LogP contribution in [0.5, 0.6) is 0 Å². The topological polar surface area (TPSA) is 26.0 Å². The zero-order valence-corrected chi connectivity index (χ0v) is 10.1. The van der Waals surface area contributed by atoms with Gasteiger partial charge in [-0.2, -0.15) is 0 Å². The van der Waals surface area contributed by atoms with Gasteiger partial charge in [0.15, 0.2) is 0 Å². The molecule has 1 aromatic rings. The van der Waals surface area contributed by atoms with Gasteiger partial charge in [0.2, 0.25) is 0 Å². The second-order valence-corrected chi connectivity index (χ2v) is 5.85. The maximum atomic E-state index is 5.95. The SMILES string of the molecule is CC(C)C(N)c1cc(Cl)c(Br)s1. The molecule has 0 aliphatic heterocycles. The summed E-state index contributed by atoms with van der Waals surface area (Å²) < 4.78 is 0.968. The Morgan fingerprint density at radius 2 is 2.17 bits per heavy atom. The lowest BCUT2D eigenvalue weighted by molar-refractivity contribution is 0.521. The molecule has 0 aliphatic carbocycles. The molecule has 0 spiro atoms. The summed E-state index contributed by atoms with van der Waals surface area (Å²) in [5.74, 6) is 0.451. The molecular formula is C8H11BrClNS. The van der Waals surface area contributed by atoms with E-state index < -0.39 is 0 Å². The number of hydrogen-bond acceptors (Lipinski definition) is 2. The maximum absolute atomic E-state index is 5.95. The van der Waals surface area contributed by atoms with E-state index in [-0.39, 0.29) is 6.04 Å².